The molecule has 0 aliphatic heterocycles. The molecule has 0 bridgehead atoms. The molecule has 0 atom stereocenters. The second kappa shape index (κ2) is 6.18. The number of nitrogens with one attached hydrogen (secondary N) is 1. The zero-order valence-electron chi connectivity index (χ0n) is 12.3. The number of nitrogens with two attached hydrogens (primary N) is 1. The largest absolute Gasteiger partial charge is 0.399 e. The lowest BCUT2D eigenvalue weighted by Crippen LogP contribution is -2.22. The van der Waals surface area contributed by atoms with E-state index in [1.807, 2.05) is 25.1 Å². The van der Waals surface area contributed by atoms with Crippen molar-refractivity contribution in [2.45, 2.75) is 6.92 Å². The lowest BCUT2D eigenvalue weighted by atomic mass is 10.1. The summed E-state index contributed by atoms with van der Waals surface area (Å²) in [5, 5.41) is 3.28. The average molecular weight is 348 g/mol. The van der Waals surface area contributed by atoms with Gasteiger partial charge < -0.3 is 16.0 Å². The first-order chi connectivity index (χ1) is 9.88. The van der Waals surface area contributed by atoms with Crippen LogP contribution < -0.4 is 11.1 Å². The third-order valence-electron chi connectivity index (χ3n) is 3.07. The van der Waals surface area contributed by atoms with Crippen molar-refractivity contribution in [2.75, 3.05) is 25.1 Å². The Morgan fingerprint density at radius 3 is 2.52 bits per heavy atom. The van der Waals surface area contributed by atoms with Gasteiger partial charge in [-0.1, -0.05) is 6.07 Å². The monoisotopic (exact) mass is 347 g/mol. The van der Waals surface area contributed by atoms with Crippen LogP contribution in [0.4, 0.5) is 17.1 Å². The molecule has 2 aromatic rings. The van der Waals surface area contributed by atoms with E-state index < -0.39 is 0 Å². The highest BCUT2D eigenvalue weighted by atomic mass is 79.9. The van der Waals surface area contributed by atoms with Crippen molar-refractivity contribution in [3.8, 4) is 0 Å². The van der Waals surface area contributed by atoms with Crippen LogP contribution >= 0.6 is 15.9 Å². The highest BCUT2D eigenvalue weighted by Gasteiger charge is 2.14. The Kier molecular flexibility index (Phi) is 4.53. The molecule has 0 saturated carbocycles. The van der Waals surface area contributed by atoms with Crippen molar-refractivity contribution in [3.05, 3.63) is 52.0 Å². The Labute approximate surface area is 133 Å². The third kappa shape index (κ3) is 3.55. The summed E-state index contributed by atoms with van der Waals surface area (Å²) in [6, 6.07) is 11.2. The molecule has 0 radical (unpaired) electrons. The van der Waals surface area contributed by atoms with Gasteiger partial charge in [-0.25, -0.2) is 0 Å². The minimum atomic E-state index is -0.0683. The summed E-state index contributed by atoms with van der Waals surface area (Å²) in [4.78, 5) is 13.8. The molecule has 0 saturated heterocycles. The van der Waals surface area contributed by atoms with Gasteiger partial charge in [0.15, 0.2) is 0 Å². The van der Waals surface area contributed by atoms with E-state index in [2.05, 4.69) is 21.2 Å². The van der Waals surface area contributed by atoms with Gasteiger partial charge >= 0.3 is 0 Å². The number of aryl methyl sites for hydroxylation is 1. The van der Waals surface area contributed by atoms with Crippen LogP contribution in [0.1, 0.15) is 15.9 Å². The molecule has 2 rings (SSSR count). The van der Waals surface area contributed by atoms with Gasteiger partial charge in [-0.05, 0) is 58.7 Å². The lowest BCUT2D eigenvalue weighted by molar-refractivity contribution is 0.0828. The van der Waals surface area contributed by atoms with Gasteiger partial charge in [0, 0.05) is 24.3 Å². The number of hydrogen-bond donors (Lipinski definition) is 2. The first kappa shape index (κ1) is 15.4. The molecule has 0 unspecified atom stereocenters. The van der Waals surface area contributed by atoms with E-state index in [0.717, 1.165) is 15.7 Å². The zero-order chi connectivity index (χ0) is 15.6. The summed E-state index contributed by atoms with van der Waals surface area (Å²) in [7, 11) is 3.45. The number of nitrogens with zero attached hydrogens (tertiary/aromatic N) is 1. The number of benzene rings is 2. The molecule has 0 fully saturated rings. The summed E-state index contributed by atoms with van der Waals surface area (Å²) in [5.41, 5.74) is 9.76. The maximum Gasteiger partial charge on any atom is 0.255 e. The van der Waals surface area contributed by atoms with Crippen molar-refractivity contribution in [1.29, 1.82) is 0 Å². The van der Waals surface area contributed by atoms with Crippen molar-refractivity contribution < 1.29 is 4.79 Å². The van der Waals surface area contributed by atoms with Gasteiger partial charge in [0.25, 0.3) is 5.91 Å². The predicted octanol–water partition coefficient (Wildman–Crippen LogP) is 3.79. The van der Waals surface area contributed by atoms with Crippen LogP contribution in [0.2, 0.25) is 0 Å². The van der Waals surface area contributed by atoms with E-state index in [-0.39, 0.29) is 5.91 Å². The highest BCUT2D eigenvalue weighted by molar-refractivity contribution is 9.10. The number of carbonyl (C=O) groups is 1. The number of rotatable bonds is 3. The van der Waals surface area contributed by atoms with Crippen LogP contribution in [0.25, 0.3) is 0 Å². The smallest absolute Gasteiger partial charge is 0.255 e. The molecule has 21 heavy (non-hydrogen) atoms. The molecule has 2 aromatic carbocycles. The summed E-state index contributed by atoms with van der Waals surface area (Å²) in [5.74, 6) is -0.0683. The molecule has 110 valence electrons. The Morgan fingerprint density at radius 1 is 1.14 bits per heavy atom. The number of anilines is 3. The molecule has 3 N–H and O–H groups in total. The van der Waals surface area contributed by atoms with E-state index in [9.17, 15) is 4.79 Å². The normalized spacial score (nSPS) is 10.3. The number of carbonyl (C=O) groups excluding carboxylic acids is 1. The fourth-order valence-electron chi connectivity index (χ4n) is 1.97. The van der Waals surface area contributed by atoms with Crippen molar-refractivity contribution in [2.24, 2.45) is 0 Å². The van der Waals surface area contributed by atoms with Crippen LogP contribution in [0.3, 0.4) is 0 Å². The standard InChI is InChI=1S/C16H18BrN3O/c1-10-4-7-13(17)15(8-10)19-14-9-11(18)5-6-12(14)16(21)20(2)3/h4-9,19H,18H2,1-3H3. The zero-order valence-corrected chi connectivity index (χ0v) is 13.9. The van der Waals surface area contributed by atoms with E-state index in [1.54, 1.807) is 37.2 Å². The third-order valence-corrected chi connectivity index (χ3v) is 3.76. The molecule has 0 aromatic heterocycles. The Bertz CT molecular complexity index is 683. The van der Waals surface area contributed by atoms with E-state index in [1.165, 1.54) is 0 Å². The second-order valence-corrected chi connectivity index (χ2v) is 5.97. The molecule has 1 amide bonds. The van der Waals surface area contributed by atoms with Crippen LogP contribution in [0.15, 0.2) is 40.9 Å². The first-order valence-electron chi connectivity index (χ1n) is 6.53. The fraction of sp³-hybridized carbons (Fsp3) is 0.188. The van der Waals surface area contributed by atoms with Crippen LogP contribution in [-0.2, 0) is 0 Å². The Balaban J connectivity index is 2.45. The number of nitrogen functional groups attached to an aromatic ring is 1. The van der Waals surface area contributed by atoms with Crippen molar-refractivity contribution in [3.63, 3.8) is 0 Å². The minimum Gasteiger partial charge on any atom is -0.399 e. The number of hydrogen-bond acceptors (Lipinski definition) is 3. The summed E-state index contributed by atoms with van der Waals surface area (Å²) < 4.78 is 0.929. The molecule has 5 heteroatoms. The van der Waals surface area contributed by atoms with Gasteiger partial charge in [0.05, 0.1) is 16.9 Å². The molecule has 4 nitrogen and oxygen atoms in total. The first-order valence-corrected chi connectivity index (χ1v) is 7.32. The summed E-state index contributed by atoms with van der Waals surface area (Å²) in [6.07, 6.45) is 0. The van der Waals surface area contributed by atoms with E-state index in [0.29, 0.717) is 16.9 Å². The van der Waals surface area contributed by atoms with Gasteiger partial charge in [-0.3, -0.25) is 4.79 Å². The summed E-state index contributed by atoms with van der Waals surface area (Å²) >= 11 is 3.51. The fourth-order valence-corrected chi connectivity index (χ4v) is 2.32. The van der Waals surface area contributed by atoms with E-state index in [4.69, 9.17) is 5.73 Å². The van der Waals surface area contributed by atoms with Crippen LogP contribution in [0, 0.1) is 6.92 Å². The minimum absolute atomic E-state index is 0.0683. The van der Waals surface area contributed by atoms with Gasteiger partial charge in [-0.2, -0.15) is 0 Å². The van der Waals surface area contributed by atoms with Gasteiger partial charge in [0.2, 0.25) is 0 Å². The maximum absolute atomic E-state index is 12.3. The van der Waals surface area contributed by atoms with Crippen molar-refractivity contribution in [1.82, 2.24) is 4.90 Å². The van der Waals surface area contributed by atoms with E-state index >= 15 is 0 Å². The van der Waals surface area contributed by atoms with Crippen LogP contribution in [-0.4, -0.2) is 24.9 Å². The van der Waals surface area contributed by atoms with Crippen molar-refractivity contribution >= 4 is 38.9 Å². The average Bonchev–Trinajstić information content (AvgIpc) is 2.42. The maximum atomic E-state index is 12.3. The summed E-state index contributed by atoms with van der Waals surface area (Å²) in [6.45, 7) is 2.02. The van der Waals surface area contributed by atoms with Gasteiger partial charge in [-0.15, -0.1) is 0 Å². The second-order valence-electron chi connectivity index (χ2n) is 5.11. The Morgan fingerprint density at radius 2 is 1.86 bits per heavy atom. The molecular formula is C16H18BrN3O. The molecule has 0 spiro atoms. The van der Waals surface area contributed by atoms with Crippen LogP contribution in [0.5, 0.6) is 0 Å². The molecule has 0 aliphatic rings. The predicted molar refractivity (Wildman–Crippen MR) is 91.0 cm³/mol. The van der Waals surface area contributed by atoms with Gasteiger partial charge in [0.1, 0.15) is 0 Å². The topological polar surface area (TPSA) is 58.4 Å². The Hall–Kier alpha value is -2.01. The highest BCUT2D eigenvalue weighted by Crippen LogP contribution is 2.30. The molecule has 0 aliphatic carbocycles. The lowest BCUT2D eigenvalue weighted by Gasteiger charge is -2.17. The quantitative estimate of drug-likeness (QED) is 0.830. The molecular weight excluding hydrogens is 330 g/mol. The molecule has 0 heterocycles. The number of halogens is 1. The number of amides is 1. The SMILES string of the molecule is Cc1ccc(Br)c(Nc2cc(N)ccc2C(=O)N(C)C)c1.